The van der Waals surface area contributed by atoms with Crippen molar-refractivity contribution in [1.82, 2.24) is 0 Å². The zero-order chi connectivity index (χ0) is 12.9. The number of hydrogen-bond donors (Lipinski definition) is 0. The smallest absolute Gasteiger partial charge is 0.330 e. The molecule has 0 spiro atoms. The lowest BCUT2D eigenvalue weighted by molar-refractivity contribution is 0.0905. The van der Waals surface area contributed by atoms with Gasteiger partial charge in [0.15, 0.2) is 0 Å². The van der Waals surface area contributed by atoms with Gasteiger partial charge in [0.05, 0.1) is 31.5 Å². The fourth-order valence-corrected chi connectivity index (χ4v) is 3.37. The number of halogens is 1. The van der Waals surface area contributed by atoms with Crippen LogP contribution in [0.5, 0.6) is 0 Å². The minimum Gasteiger partial charge on any atom is -0.373 e. The highest BCUT2D eigenvalue weighted by Gasteiger charge is 2.29. The van der Waals surface area contributed by atoms with E-state index in [0.29, 0.717) is 19.6 Å². The van der Waals surface area contributed by atoms with Crippen molar-refractivity contribution in [2.45, 2.75) is 32.4 Å². The summed E-state index contributed by atoms with van der Waals surface area (Å²) in [6, 6.07) is -0.501. The van der Waals surface area contributed by atoms with Gasteiger partial charge in [-0.25, -0.2) is 4.39 Å². The monoisotopic (exact) mass is 264 g/mol. The lowest BCUT2D eigenvalue weighted by atomic mass is 10.0. The van der Waals surface area contributed by atoms with E-state index in [1.165, 1.54) is 6.08 Å². The van der Waals surface area contributed by atoms with Crippen LogP contribution in [0.2, 0.25) is 0 Å². The minimum atomic E-state index is -3.04. The Labute approximate surface area is 102 Å². The van der Waals surface area contributed by atoms with Crippen molar-refractivity contribution in [2.24, 2.45) is 0 Å². The van der Waals surface area contributed by atoms with Gasteiger partial charge in [0.2, 0.25) is 0 Å². The van der Waals surface area contributed by atoms with Crippen LogP contribution in [-0.2, 0) is 18.3 Å². The summed E-state index contributed by atoms with van der Waals surface area (Å²) >= 11 is 0. The van der Waals surface area contributed by atoms with Crippen molar-refractivity contribution in [3.05, 3.63) is 11.9 Å². The van der Waals surface area contributed by atoms with Gasteiger partial charge in [0.25, 0.3) is 0 Å². The van der Waals surface area contributed by atoms with Gasteiger partial charge in [-0.2, -0.15) is 0 Å². The number of rotatable bonds is 7. The molecule has 0 saturated carbocycles. The third-order valence-electron chi connectivity index (χ3n) is 2.45. The minimum absolute atomic E-state index is 0.246. The Kier molecular flexibility index (Phi) is 5.87. The lowest BCUT2D eigenvalue weighted by Crippen LogP contribution is -2.15. The molecule has 0 aromatic carbocycles. The van der Waals surface area contributed by atoms with Gasteiger partial charge in [-0.3, -0.25) is 4.57 Å². The Morgan fingerprint density at radius 2 is 2.06 bits per heavy atom. The Morgan fingerprint density at radius 3 is 2.47 bits per heavy atom. The molecule has 1 aliphatic heterocycles. The molecular formula is C10H19BFO4P. The van der Waals surface area contributed by atoms with Crippen LogP contribution < -0.4 is 0 Å². The average molecular weight is 264 g/mol. The van der Waals surface area contributed by atoms with Crippen LogP contribution in [0.4, 0.5) is 4.39 Å². The second-order valence-electron chi connectivity index (χ2n) is 3.83. The van der Waals surface area contributed by atoms with E-state index in [9.17, 15) is 8.96 Å². The van der Waals surface area contributed by atoms with Crippen LogP contribution in [0.1, 0.15) is 20.3 Å². The molecule has 2 unspecified atom stereocenters. The first-order valence-electron chi connectivity index (χ1n) is 5.91. The Balaban J connectivity index is 2.45. The van der Waals surface area contributed by atoms with Crippen LogP contribution in [0.25, 0.3) is 0 Å². The van der Waals surface area contributed by atoms with Gasteiger partial charge < -0.3 is 13.8 Å². The first-order valence-corrected chi connectivity index (χ1v) is 7.64. The summed E-state index contributed by atoms with van der Waals surface area (Å²) in [5.74, 6) is -0.266. The molecule has 98 valence electrons. The number of ether oxygens (including phenoxy) is 1. The number of hydrogen-bond acceptors (Lipinski definition) is 4. The van der Waals surface area contributed by atoms with E-state index in [1.807, 2.05) is 0 Å². The maximum absolute atomic E-state index is 13.1. The van der Waals surface area contributed by atoms with Crippen LogP contribution in [-0.4, -0.2) is 39.3 Å². The molecule has 0 aromatic rings. The van der Waals surface area contributed by atoms with Gasteiger partial charge in [-0.15, -0.1) is 0 Å². The van der Waals surface area contributed by atoms with Gasteiger partial charge in [-0.1, -0.05) is 0 Å². The van der Waals surface area contributed by atoms with E-state index < -0.39 is 13.6 Å². The fraction of sp³-hybridized carbons (Fsp3) is 0.800. The topological polar surface area (TPSA) is 44.8 Å². The highest BCUT2D eigenvalue weighted by Crippen LogP contribution is 2.49. The SMILES string of the molecule is BC1OC(CCP(=O)(OCC)OCC)C=C1F. The Hall–Kier alpha value is -0.155. The first-order chi connectivity index (χ1) is 8.00. The molecule has 0 radical (unpaired) electrons. The largest absolute Gasteiger partial charge is 0.373 e. The third-order valence-corrected chi connectivity index (χ3v) is 4.56. The van der Waals surface area contributed by atoms with E-state index in [4.69, 9.17) is 13.8 Å². The molecular weight excluding hydrogens is 245 g/mol. The zero-order valence-corrected chi connectivity index (χ0v) is 11.4. The summed E-state index contributed by atoms with van der Waals surface area (Å²) in [5, 5.41) is 0. The summed E-state index contributed by atoms with van der Waals surface area (Å²) in [6.45, 7) is 4.20. The predicted molar refractivity (Wildman–Crippen MR) is 66.7 cm³/mol. The molecule has 0 amide bonds. The zero-order valence-electron chi connectivity index (χ0n) is 10.5. The van der Waals surface area contributed by atoms with Crippen molar-refractivity contribution in [3.8, 4) is 0 Å². The highest BCUT2D eigenvalue weighted by atomic mass is 31.2. The van der Waals surface area contributed by atoms with Gasteiger partial charge in [0.1, 0.15) is 13.7 Å². The van der Waals surface area contributed by atoms with Crippen molar-refractivity contribution in [3.63, 3.8) is 0 Å². The average Bonchev–Trinajstić information content (AvgIpc) is 2.57. The quantitative estimate of drug-likeness (QED) is 0.520. The van der Waals surface area contributed by atoms with Crippen LogP contribution in [0, 0.1) is 0 Å². The molecule has 0 N–H and O–H groups in total. The first kappa shape index (κ1) is 14.9. The summed E-state index contributed by atoms with van der Waals surface area (Å²) < 4.78 is 40.8. The van der Waals surface area contributed by atoms with E-state index in [-0.39, 0.29) is 18.1 Å². The second kappa shape index (κ2) is 6.69. The second-order valence-corrected chi connectivity index (χ2v) is 6.01. The molecule has 1 rings (SSSR count). The van der Waals surface area contributed by atoms with Gasteiger partial charge >= 0.3 is 7.60 Å². The van der Waals surface area contributed by atoms with Crippen molar-refractivity contribution < 1.29 is 22.7 Å². The van der Waals surface area contributed by atoms with E-state index in [2.05, 4.69) is 0 Å². The predicted octanol–water partition coefficient (Wildman–Crippen LogP) is 1.85. The molecule has 2 atom stereocenters. The van der Waals surface area contributed by atoms with Gasteiger partial charge in [-0.05, 0) is 26.3 Å². The molecule has 4 nitrogen and oxygen atoms in total. The standard InChI is InChI=1S/C10H19BFO4P/c1-3-14-17(13,15-4-2)6-5-8-7-9(12)10(11)16-8/h7-8,10H,3-6,11H2,1-2H3. The summed E-state index contributed by atoms with van der Waals surface area (Å²) in [6.07, 6.45) is 1.77. The molecule has 0 fully saturated rings. The normalized spacial score (nSPS) is 25.0. The highest BCUT2D eigenvalue weighted by molar-refractivity contribution is 7.53. The van der Waals surface area contributed by atoms with Crippen LogP contribution >= 0.6 is 7.60 Å². The van der Waals surface area contributed by atoms with E-state index in [0.717, 1.165) is 0 Å². The maximum atomic E-state index is 13.1. The van der Waals surface area contributed by atoms with E-state index >= 15 is 0 Å². The molecule has 0 saturated heterocycles. The Bertz CT molecular complexity index is 313. The van der Waals surface area contributed by atoms with Gasteiger partial charge in [0, 0.05) is 0 Å². The molecule has 1 heterocycles. The van der Waals surface area contributed by atoms with Crippen molar-refractivity contribution in [1.29, 1.82) is 0 Å². The molecule has 0 bridgehead atoms. The summed E-state index contributed by atoms with van der Waals surface area (Å²) in [4.78, 5) is 0. The Morgan fingerprint density at radius 1 is 1.47 bits per heavy atom. The molecule has 7 heteroatoms. The molecule has 0 aromatic heterocycles. The van der Waals surface area contributed by atoms with E-state index in [1.54, 1.807) is 21.7 Å². The molecule has 0 aliphatic carbocycles. The van der Waals surface area contributed by atoms with Crippen LogP contribution in [0.15, 0.2) is 11.9 Å². The fourth-order valence-electron chi connectivity index (χ4n) is 1.68. The lowest BCUT2D eigenvalue weighted by Gasteiger charge is -2.18. The van der Waals surface area contributed by atoms with Crippen LogP contribution in [0.3, 0.4) is 0 Å². The third kappa shape index (κ3) is 4.55. The molecule has 1 aliphatic rings. The summed E-state index contributed by atoms with van der Waals surface area (Å²) in [5.41, 5.74) is 0. The maximum Gasteiger partial charge on any atom is 0.330 e. The van der Waals surface area contributed by atoms with Crippen molar-refractivity contribution >= 4 is 15.4 Å². The summed E-state index contributed by atoms with van der Waals surface area (Å²) in [7, 11) is -1.39. The molecule has 17 heavy (non-hydrogen) atoms. The van der Waals surface area contributed by atoms with Crippen molar-refractivity contribution in [2.75, 3.05) is 19.4 Å².